The zero-order chi connectivity index (χ0) is 15.9. The van der Waals surface area contributed by atoms with Crippen molar-refractivity contribution >= 4 is 16.0 Å². The Balaban J connectivity index is 2.45. The van der Waals surface area contributed by atoms with E-state index in [0.717, 1.165) is 24.3 Å². The lowest BCUT2D eigenvalue weighted by molar-refractivity contribution is -0.140. The van der Waals surface area contributed by atoms with Gasteiger partial charge >= 0.3 is 5.97 Å². The monoisotopic (exact) mass is 321 g/mol. The van der Waals surface area contributed by atoms with Crippen LogP contribution in [0.4, 0.5) is 8.87 Å². The molecule has 0 unspecified atom stereocenters. The summed E-state index contributed by atoms with van der Waals surface area (Å²) in [6, 6.07) is 3.93. The molecule has 0 saturated carbocycles. The Hall–Kier alpha value is -1.54. The molecule has 0 aliphatic rings. The van der Waals surface area contributed by atoms with E-state index in [9.17, 15) is 22.1 Å². The summed E-state index contributed by atoms with van der Waals surface area (Å²) in [5.74, 6) is -0.951. The van der Waals surface area contributed by atoms with Crippen LogP contribution in [0.2, 0.25) is 0 Å². The van der Waals surface area contributed by atoms with Crippen LogP contribution < -0.4 is 0 Å². The van der Waals surface area contributed by atoms with Crippen molar-refractivity contribution in [3.63, 3.8) is 0 Å². The number of hydrogen-bond donors (Lipinski definition) is 0. The van der Waals surface area contributed by atoms with Crippen LogP contribution in [-0.2, 0) is 19.6 Å². The largest absolute Gasteiger partial charge is 0.469 e. The summed E-state index contributed by atoms with van der Waals surface area (Å²) in [6.45, 7) is -0.319. The van der Waals surface area contributed by atoms with Crippen LogP contribution >= 0.6 is 0 Å². The molecule has 118 valence electrons. The van der Waals surface area contributed by atoms with Gasteiger partial charge in [0.2, 0.25) is 0 Å². The van der Waals surface area contributed by atoms with Crippen LogP contribution in [0.5, 0.6) is 0 Å². The van der Waals surface area contributed by atoms with Gasteiger partial charge in [0, 0.05) is 13.0 Å². The lowest BCUT2D eigenvalue weighted by atomic mass is 10.2. The van der Waals surface area contributed by atoms with Gasteiger partial charge in [-0.15, -0.1) is 4.48 Å². The second-order valence-electron chi connectivity index (χ2n) is 4.36. The highest BCUT2D eigenvalue weighted by molar-refractivity contribution is 7.89. The summed E-state index contributed by atoms with van der Waals surface area (Å²) in [5.41, 5.74) is 0. The predicted octanol–water partition coefficient (Wildman–Crippen LogP) is 2.43. The van der Waals surface area contributed by atoms with Crippen LogP contribution in [0.15, 0.2) is 29.2 Å². The molecule has 0 radical (unpaired) electrons. The fourth-order valence-corrected chi connectivity index (χ4v) is 2.70. The number of carbonyl (C=O) groups is 1. The summed E-state index contributed by atoms with van der Waals surface area (Å²) in [6.07, 6.45) is 1.48. The first-order valence-electron chi connectivity index (χ1n) is 6.39. The molecule has 21 heavy (non-hydrogen) atoms. The number of rotatable bonds is 8. The zero-order valence-corrected chi connectivity index (χ0v) is 12.4. The highest BCUT2D eigenvalue weighted by Gasteiger charge is 2.23. The highest BCUT2D eigenvalue weighted by atomic mass is 32.2. The molecule has 1 aromatic carbocycles. The molecule has 0 aliphatic carbocycles. The number of benzene rings is 1. The second-order valence-corrected chi connectivity index (χ2v) is 6.17. The van der Waals surface area contributed by atoms with E-state index < -0.39 is 15.8 Å². The zero-order valence-electron chi connectivity index (χ0n) is 11.6. The fraction of sp³-hybridized carbons (Fsp3) is 0.462. The number of methoxy groups -OCH3 is 1. The molecule has 0 aliphatic heterocycles. The third-order valence-electron chi connectivity index (χ3n) is 2.81. The van der Waals surface area contributed by atoms with Crippen molar-refractivity contribution in [1.29, 1.82) is 0 Å². The van der Waals surface area contributed by atoms with Crippen molar-refractivity contribution < 1.29 is 26.8 Å². The van der Waals surface area contributed by atoms with Crippen LogP contribution in [0, 0.1) is 5.82 Å². The average molecular weight is 321 g/mol. The Labute approximate surface area is 122 Å². The minimum Gasteiger partial charge on any atom is -0.469 e. The smallest absolute Gasteiger partial charge is 0.305 e. The van der Waals surface area contributed by atoms with E-state index in [2.05, 4.69) is 4.74 Å². The first-order valence-corrected chi connectivity index (χ1v) is 7.83. The van der Waals surface area contributed by atoms with E-state index in [1.807, 2.05) is 0 Å². The Bertz CT molecular complexity index is 560. The molecule has 0 spiro atoms. The summed E-state index contributed by atoms with van der Waals surface area (Å²) in [7, 11) is -2.98. The van der Waals surface area contributed by atoms with Crippen molar-refractivity contribution in [2.24, 2.45) is 0 Å². The average Bonchev–Trinajstić information content (AvgIpc) is 2.46. The maximum absolute atomic E-state index is 13.7. The van der Waals surface area contributed by atoms with E-state index in [1.165, 1.54) is 7.11 Å². The normalized spacial score (nSPS) is 11.6. The number of hydrogen-bond acceptors (Lipinski definition) is 4. The number of unbranched alkanes of at least 4 members (excludes halogenated alkanes) is 2. The maximum atomic E-state index is 13.7. The van der Waals surface area contributed by atoms with Gasteiger partial charge in [-0.1, -0.05) is 6.42 Å². The topological polar surface area (TPSA) is 63.7 Å². The molecule has 1 aromatic rings. The lowest BCUT2D eigenvalue weighted by Gasteiger charge is -2.12. The predicted molar refractivity (Wildman–Crippen MR) is 71.9 cm³/mol. The summed E-state index contributed by atoms with van der Waals surface area (Å²) < 4.78 is 54.2. The van der Waals surface area contributed by atoms with Crippen LogP contribution in [-0.4, -0.2) is 32.6 Å². The minimum atomic E-state index is -4.26. The van der Waals surface area contributed by atoms with Crippen LogP contribution in [0.25, 0.3) is 0 Å². The standard InChI is InChI=1S/C13H17F2NO4S/c1-20-13(17)5-3-2-4-10-16(15)21(18,19)12-8-6-11(14)7-9-12/h6-9H,2-5,10H2,1H3. The summed E-state index contributed by atoms with van der Waals surface area (Å²) >= 11 is 0. The molecule has 0 fully saturated rings. The molecular formula is C13H17F2NO4S. The van der Waals surface area contributed by atoms with Crippen molar-refractivity contribution in [3.8, 4) is 0 Å². The molecule has 0 N–H and O–H groups in total. The number of nitrogens with zero attached hydrogens (tertiary/aromatic N) is 1. The quantitative estimate of drug-likeness (QED) is 0.419. The van der Waals surface area contributed by atoms with E-state index in [-0.39, 0.29) is 34.8 Å². The third-order valence-corrected chi connectivity index (χ3v) is 4.39. The summed E-state index contributed by atoms with van der Waals surface area (Å²) in [4.78, 5) is 10.5. The van der Waals surface area contributed by atoms with Gasteiger partial charge in [0.25, 0.3) is 10.0 Å². The van der Waals surface area contributed by atoms with Crippen molar-refractivity contribution in [3.05, 3.63) is 30.1 Å². The highest BCUT2D eigenvalue weighted by Crippen LogP contribution is 2.17. The molecule has 0 amide bonds. The number of esters is 1. The Morgan fingerprint density at radius 1 is 1.19 bits per heavy atom. The molecule has 0 heterocycles. The molecule has 0 aromatic heterocycles. The van der Waals surface area contributed by atoms with Crippen molar-refractivity contribution in [1.82, 2.24) is 4.53 Å². The first kappa shape index (κ1) is 17.5. The van der Waals surface area contributed by atoms with Crippen LogP contribution in [0.1, 0.15) is 25.7 Å². The Kier molecular flexibility index (Phi) is 6.70. The molecular weight excluding hydrogens is 304 g/mol. The van der Waals surface area contributed by atoms with E-state index in [0.29, 0.717) is 12.8 Å². The summed E-state index contributed by atoms with van der Waals surface area (Å²) in [5, 5.41) is 0. The first-order chi connectivity index (χ1) is 9.87. The van der Waals surface area contributed by atoms with Gasteiger partial charge in [0.1, 0.15) is 5.82 Å². The maximum Gasteiger partial charge on any atom is 0.305 e. The van der Waals surface area contributed by atoms with Crippen LogP contribution in [0.3, 0.4) is 0 Å². The number of ether oxygens (including phenoxy) is 1. The second kappa shape index (κ2) is 8.04. The Morgan fingerprint density at radius 2 is 1.81 bits per heavy atom. The van der Waals surface area contributed by atoms with Crippen molar-refractivity contribution in [2.75, 3.05) is 13.7 Å². The molecule has 0 saturated heterocycles. The van der Waals surface area contributed by atoms with E-state index in [1.54, 1.807) is 0 Å². The van der Waals surface area contributed by atoms with Gasteiger partial charge in [0.05, 0.1) is 12.0 Å². The van der Waals surface area contributed by atoms with Gasteiger partial charge < -0.3 is 4.74 Å². The lowest BCUT2D eigenvalue weighted by Crippen LogP contribution is -2.24. The fourth-order valence-electron chi connectivity index (χ4n) is 1.63. The number of sulfonamides is 1. The third kappa shape index (κ3) is 5.39. The molecule has 8 heteroatoms. The molecule has 1 rings (SSSR count). The van der Waals surface area contributed by atoms with Gasteiger partial charge in [-0.3, -0.25) is 4.79 Å². The van der Waals surface area contributed by atoms with Gasteiger partial charge in [-0.2, -0.15) is 0 Å². The van der Waals surface area contributed by atoms with Gasteiger partial charge in [0.15, 0.2) is 0 Å². The van der Waals surface area contributed by atoms with E-state index >= 15 is 0 Å². The van der Waals surface area contributed by atoms with Gasteiger partial charge in [-0.25, -0.2) is 12.8 Å². The SMILES string of the molecule is COC(=O)CCCCCN(F)S(=O)(=O)c1ccc(F)cc1. The molecule has 0 bridgehead atoms. The van der Waals surface area contributed by atoms with Crippen molar-refractivity contribution in [2.45, 2.75) is 30.6 Å². The minimum absolute atomic E-state index is 0.216. The number of halogens is 2. The molecule has 5 nitrogen and oxygen atoms in total. The van der Waals surface area contributed by atoms with E-state index in [4.69, 9.17) is 0 Å². The number of carbonyl (C=O) groups excluding carboxylic acids is 1. The van der Waals surface area contributed by atoms with Gasteiger partial charge in [-0.05, 0) is 41.6 Å². The Morgan fingerprint density at radius 3 is 2.38 bits per heavy atom. The molecule has 0 atom stereocenters.